The van der Waals surface area contributed by atoms with Gasteiger partial charge in [0.15, 0.2) is 0 Å². The van der Waals surface area contributed by atoms with E-state index in [0.717, 1.165) is 10.2 Å². The van der Waals surface area contributed by atoms with Crippen LogP contribution in [0.5, 0.6) is 5.88 Å². The van der Waals surface area contributed by atoms with Crippen molar-refractivity contribution in [2.24, 2.45) is 7.05 Å². The number of rotatable bonds is 3. The van der Waals surface area contributed by atoms with Crippen molar-refractivity contribution in [2.45, 2.75) is 39.3 Å². The Bertz CT molecular complexity index is 494. The first-order valence-corrected chi connectivity index (χ1v) is 7.10. The second-order valence-corrected chi connectivity index (χ2v) is 6.39. The summed E-state index contributed by atoms with van der Waals surface area (Å²) < 4.78 is 13.0. The first-order chi connectivity index (χ1) is 9.08. The van der Waals surface area contributed by atoms with Crippen LogP contribution in [-0.4, -0.2) is 40.5 Å². The molecule has 0 saturated heterocycles. The fourth-order valence-electron chi connectivity index (χ4n) is 1.75. The highest BCUT2D eigenvalue weighted by atomic mass is 79.9. The summed E-state index contributed by atoms with van der Waals surface area (Å²) in [4.78, 5) is 13.6. The lowest BCUT2D eigenvalue weighted by atomic mass is 10.2. The molecule has 0 spiro atoms. The molecule has 0 bridgehead atoms. The van der Waals surface area contributed by atoms with Crippen molar-refractivity contribution >= 4 is 22.0 Å². The van der Waals surface area contributed by atoms with Crippen LogP contribution in [0.4, 0.5) is 4.79 Å². The highest BCUT2D eigenvalue weighted by Crippen LogP contribution is 2.33. The maximum Gasteiger partial charge on any atom is 0.410 e. The smallest absolute Gasteiger partial charge is 0.410 e. The van der Waals surface area contributed by atoms with Crippen molar-refractivity contribution in [1.82, 2.24) is 14.7 Å². The third-order valence-electron chi connectivity index (χ3n) is 2.85. The number of amides is 1. The standard InChI is InChI=1S/C13H22BrN3O3/c1-8(16(5)12(18)20-13(2,3)4)10-9(14)11(19-7)15-17(10)6/h8H,1-7H3/t8-/m0/s1. The van der Waals surface area contributed by atoms with Crippen LogP contribution in [0.1, 0.15) is 39.4 Å². The summed E-state index contributed by atoms with van der Waals surface area (Å²) in [7, 11) is 5.06. The average Bonchev–Trinajstić information content (AvgIpc) is 2.60. The van der Waals surface area contributed by atoms with E-state index in [9.17, 15) is 4.79 Å². The molecular weight excluding hydrogens is 326 g/mol. The quantitative estimate of drug-likeness (QED) is 0.842. The van der Waals surface area contributed by atoms with Gasteiger partial charge in [-0.05, 0) is 43.6 Å². The zero-order valence-electron chi connectivity index (χ0n) is 13.0. The lowest BCUT2D eigenvalue weighted by molar-refractivity contribution is 0.0227. The summed E-state index contributed by atoms with van der Waals surface area (Å²) in [6.07, 6.45) is -0.378. The van der Waals surface area contributed by atoms with Crippen molar-refractivity contribution in [2.75, 3.05) is 14.2 Å². The minimum Gasteiger partial charge on any atom is -0.479 e. The third kappa shape index (κ3) is 3.65. The SMILES string of the molecule is COc1nn(C)c([C@H](C)N(C)C(=O)OC(C)(C)C)c1Br. The fraction of sp³-hybridized carbons (Fsp3) is 0.692. The molecule has 0 aliphatic heterocycles. The van der Waals surface area contributed by atoms with Crippen molar-refractivity contribution in [1.29, 1.82) is 0 Å². The lowest BCUT2D eigenvalue weighted by Gasteiger charge is -2.28. The summed E-state index contributed by atoms with van der Waals surface area (Å²) in [5.74, 6) is 0.493. The highest BCUT2D eigenvalue weighted by Gasteiger charge is 2.28. The Balaban J connectivity index is 2.97. The second-order valence-electron chi connectivity index (χ2n) is 5.60. The molecule has 1 aromatic heterocycles. The minimum absolute atomic E-state index is 0.208. The maximum atomic E-state index is 12.1. The van der Waals surface area contributed by atoms with E-state index in [4.69, 9.17) is 9.47 Å². The molecule has 7 heteroatoms. The number of carbonyl (C=O) groups is 1. The van der Waals surface area contributed by atoms with Crippen LogP contribution >= 0.6 is 15.9 Å². The molecule has 0 unspecified atom stereocenters. The fourth-order valence-corrected chi connectivity index (χ4v) is 2.57. The normalized spacial score (nSPS) is 13.0. The van der Waals surface area contributed by atoms with E-state index in [1.54, 1.807) is 18.8 Å². The van der Waals surface area contributed by atoms with Crippen LogP contribution in [0.3, 0.4) is 0 Å². The van der Waals surface area contributed by atoms with Gasteiger partial charge in [-0.15, -0.1) is 5.10 Å². The molecule has 1 aromatic rings. The van der Waals surface area contributed by atoms with Gasteiger partial charge in [0.25, 0.3) is 0 Å². The largest absolute Gasteiger partial charge is 0.479 e. The van der Waals surface area contributed by atoms with E-state index < -0.39 is 5.60 Å². The Morgan fingerprint density at radius 1 is 1.45 bits per heavy atom. The van der Waals surface area contributed by atoms with Gasteiger partial charge in [-0.25, -0.2) is 4.79 Å². The summed E-state index contributed by atoms with van der Waals surface area (Å²) in [6.45, 7) is 7.43. The van der Waals surface area contributed by atoms with Crippen molar-refractivity contribution in [3.05, 3.63) is 10.2 Å². The van der Waals surface area contributed by atoms with Crippen LogP contribution in [-0.2, 0) is 11.8 Å². The predicted molar refractivity (Wildman–Crippen MR) is 79.9 cm³/mol. The Morgan fingerprint density at radius 2 is 2.00 bits per heavy atom. The number of nitrogens with zero attached hydrogens (tertiary/aromatic N) is 3. The van der Waals surface area contributed by atoms with Gasteiger partial charge in [0.05, 0.1) is 18.8 Å². The van der Waals surface area contributed by atoms with Crippen molar-refractivity contribution in [3.63, 3.8) is 0 Å². The number of hydrogen-bond acceptors (Lipinski definition) is 4. The molecule has 6 nitrogen and oxygen atoms in total. The highest BCUT2D eigenvalue weighted by molar-refractivity contribution is 9.10. The number of halogens is 1. The summed E-state index contributed by atoms with van der Waals surface area (Å²) in [5.41, 5.74) is 0.321. The Morgan fingerprint density at radius 3 is 2.40 bits per heavy atom. The van der Waals surface area contributed by atoms with Gasteiger partial charge in [0.2, 0.25) is 5.88 Å². The van der Waals surface area contributed by atoms with Crippen molar-refractivity contribution < 1.29 is 14.3 Å². The summed E-state index contributed by atoms with van der Waals surface area (Å²) in [5, 5.41) is 4.23. The van der Waals surface area contributed by atoms with E-state index in [2.05, 4.69) is 21.0 Å². The molecule has 1 heterocycles. The molecule has 20 heavy (non-hydrogen) atoms. The molecule has 0 aliphatic rings. The Hall–Kier alpha value is -1.24. The van der Waals surface area contributed by atoms with Gasteiger partial charge in [0.1, 0.15) is 10.1 Å². The average molecular weight is 348 g/mol. The molecule has 1 amide bonds. The van der Waals surface area contributed by atoms with Gasteiger partial charge in [0, 0.05) is 14.1 Å². The van der Waals surface area contributed by atoms with E-state index in [1.807, 2.05) is 34.7 Å². The van der Waals surface area contributed by atoms with Gasteiger partial charge in [-0.2, -0.15) is 0 Å². The summed E-state index contributed by atoms with van der Waals surface area (Å²) in [6, 6.07) is -0.208. The molecule has 0 radical (unpaired) electrons. The zero-order chi connectivity index (χ0) is 15.7. The summed E-state index contributed by atoms with van der Waals surface area (Å²) >= 11 is 3.45. The molecule has 0 fully saturated rings. The van der Waals surface area contributed by atoms with Crippen LogP contribution in [0.2, 0.25) is 0 Å². The maximum absolute atomic E-state index is 12.1. The van der Waals surface area contributed by atoms with Gasteiger partial charge in [-0.3, -0.25) is 4.68 Å². The molecule has 0 N–H and O–H groups in total. The van der Waals surface area contributed by atoms with Gasteiger partial charge >= 0.3 is 6.09 Å². The molecule has 0 aliphatic carbocycles. The zero-order valence-corrected chi connectivity index (χ0v) is 14.6. The van der Waals surface area contributed by atoms with Crippen molar-refractivity contribution in [3.8, 4) is 5.88 Å². The van der Waals surface area contributed by atoms with E-state index in [0.29, 0.717) is 5.88 Å². The molecular formula is C13H22BrN3O3. The third-order valence-corrected chi connectivity index (χ3v) is 3.60. The lowest BCUT2D eigenvalue weighted by Crippen LogP contribution is -2.36. The van der Waals surface area contributed by atoms with E-state index in [-0.39, 0.29) is 12.1 Å². The van der Waals surface area contributed by atoms with E-state index in [1.165, 1.54) is 4.90 Å². The van der Waals surface area contributed by atoms with Crippen LogP contribution in [0.25, 0.3) is 0 Å². The number of aromatic nitrogens is 2. The van der Waals surface area contributed by atoms with Gasteiger partial charge < -0.3 is 14.4 Å². The van der Waals surface area contributed by atoms with E-state index >= 15 is 0 Å². The number of methoxy groups -OCH3 is 1. The van der Waals surface area contributed by atoms with Gasteiger partial charge in [-0.1, -0.05) is 0 Å². The topological polar surface area (TPSA) is 56.6 Å². The number of ether oxygens (including phenoxy) is 2. The predicted octanol–water partition coefficient (Wildman–Crippen LogP) is 3.12. The monoisotopic (exact) mass is 347 g/mol. The van der Waals surface area contributed by atoms with Crippen LogP contribution in [0, 0.1) is 0 Å². The molecule has 1 rings (SSSR count). The molecule has 0 aromatic carbocycles. The molecule has 0 saturated carbocycles. The van der Waals surface area contributed by atoms with Crippen LogP contribution in [0.15, 0.2) is 4.47 Å². The first kappa shape index (κ1) is 16.8. The molecule has 114 valence electrons. The number of carbonyl (C=O) groups excluding carboxylic acids is 1. The number of aryl methyl sites for hydroxylation is 1. The first-order valence-electron chi connectivity index (χ1n) is 6.30. The number of hydrogen-bond donors (Lipinski definition) is 0. The second kappa shape index (κ2) is 6.03. The Kier molecular flexibility index (Phi) is 5.07. The molecule has 1 atom stereocenters. The Labute approximate surface area is 128 Å². The minimum atomic E-state index is -0.521. The van der Waals surface area contributed by atoms with Crippen LogP contribution < -0.4 is 4.74 Å².